The Kier molecular flexibility index (Phi) is 4.64. The highest BCUT2D eigenvalue weighted by Gasteiger charge is 2.10. The van der Waals surface area contributed by atoms with Crippen LogP contribution < -0.4 is 0 Å². The lowest BCUT2D eigenvalue weighted by molar-refractivity contribution is -0.384. The van der Waals surface area contributed by atoms with Crippen molar-refractivity contribution in [2.75, 3.05) is 0 Å². The minimum absolute atomic E-state index is 0.0493. The van der Waals surface area contributed by atoms with Crippen LogP contribution in [0.2, 0.25) is 5.02 Å². The topological polar surface area (TPSA) is 71.9 Å². The summed E-state index contributed by atoms with van der Waals surface area (Å²) < 4.78 is 1.91. The van der Waals surface area contributed by atoms with Crippen LogP contribution in [-0.2, 0) is 0 Å². The second-order valence-corrected chi connectivity index (χ2v) is 5.69. The smallest absolute Gasteiger partial charge is 0.270 e. The average Bonchev–Trinajstić information content (AvgIpc) is 3.08. The lowest BCUT2D eigenvalue weighted by Crippen LogP contribution is -1.95. The maximum atomic E-state index is 10.9. The lowest BCUT2D eigenvalue weighted by Gasteiger charge is -2.07. The fourth-order valence-electron chi connectivity index (χ4n) is 2.46. The number of hydrogen-bond donors (Lipinski definition) is 0. The molecular formula is C19H12ClN3O2. The van der Waals surface area contributed by atoms with Gasteiger partial charge in [-0.05, 0) is 48.0 Å². The van der Waals surface area contributed by atoms with Crippen molar-refractivity contribution in [1.82, 2.24) is 4.57 Å². The highest BCUT2D eigenvalue weighted by molar-refractivity contribution is 6.30. The molecule has 3 aromatic rings. The number of nitro groups is 1. The minimum Gasteiger partial charge on any atom is -0.317 e. The largest absolute Gasteiger partial charge is 0.317 e. The first-order valence-corrected chi connectivity index (χ1v) is 7.76. The van der Waals surface area contributed by atoms with E-state index in [9.17, 15) is 15.4 Å². The molecule has 0 radical (unpaired) electrons. The van der Waals surface area contributed by atoms with Crippen molar-refractivity contribution in [1.29, 1.82) is 5.26 Å². The number of benzene rings is 2. The molecule has 5 nitrogen and oxygen atoms in total. The number of rotatable bonds is 4. The molecule has 0 aliphatic heterocycles. The van der Waals surface area contributed by atoms with E-state index in [1.54, 1.807) is 30.3 Å². The van der Waals surface area contributed by atoms with Crippen molar-refractivity contribution in [2.45, 2.75) is 0 Å². The summed E-state index contributed by atoms with van der Waals surface area (Å²) in [5.41, 5.74) is 2.48. The zero-order valence-electron chi connectivity index (χ0n) is 13.0. The summed E-state index contributed by atoms with van der Waals surface area (Å²) in [5.74, 6) is 0. The molecule has 25 heavy (non-hydrogen) atoms. The standard InChI is InChI=1S/C19H12ClN3O2/c20-16-6-8-17(9-7-16)22-10-2-5-18(22)12-15(13-21)14-3-1-4-19(11-14)23(24)25/h1-12H. The summed E-state index contributed by atoms with van der Waals surface area (Å²) in [6.07, 6.45) is 3.57. The number of allylic oxidation sites excluding steroid dienone is 1. The molecule has 0 saturated carbocycles. The number of non-ortho nitro benzene ring substituents is 1. The molecule has 1 heterocycles. The molecule has 0 atom stereocenters. The van der Waals surface area contributed by atoms with Gasteiger partial charge in [-0.3, -0.25) is 10.1 Å². The number of nitro benzene ring substituents is 1. The van der Waals surface area contributed by atoms with Gasteiger partial charge in [0.15, 0.2) is 0 Å². The molecular weight excluding hydrogens is 338 g/mol. The molecule has 0 aliphatic carbocycles. The normalized spacial score (nSPS) is 11.1. The van der Waals surface area contributed by atoms with Gasteiger partial charge in [0.1, 0.15) is 0 Å². The fraction of sp³-hybridized carbons (Fsp3) is 0. The maximum absolute atomic E-state index is 10.9. The first-order valence-electron chi connectivity index (χ1n) is 7.38. The first kappa shape index (κ1) is 16.5. The predicted molar refractivity (Wildman–Crippen MR) is 97.4 cm³/mol. The summed E-state index contributed by atoms with van der Waals surface area (Å²) in [6.45, 7) is 0. The van der Waals surface area contributed by atoms with E-state index in [0.29, 0.717) is 16.2 Å². The Balaban J connectivity index is 2.04. The second-order valence-electron chi connectivity index (χ2n) is 5.26. The summed E-state index contributed by atoms with van der Waals surface area (Å²) >= 11 is 5.92. The predicted octanol–water partition coefficient (Wildman–Crippen LogP) is 5.10. The zero-order chi connectivity index (χ0) is 17.8. The van der Waals surface area contributed by atoms with Crippen molar-refractivity contribution in [3.05, 3.63) is 93.3 Å². The quantitative estimate of drug-likeness (QED) is 0.373. The molecule has 0 amide bonds. The van der Waals surface area contributed by atoms with Crippen molar-refractivity contribution >= 4 is 28.9 Å². The molecule has 0 bridgehead atoms. The van der Waals surface area contributed by atoms with Gasteiger partial charge < -0.3 is 4.57 Å². The summed E-state index contributed by atoms with van der Waals surface area (Å²) in [7, 11) is 0. The number of aromatic nitrogens is 1. The minimum atomic E-state index is -0.477. The number of nitriles is 1. The Hall–Kier alpha value is -3.36. The van der Waals surface area contributed by atoms with Gasteiger partial charge in [0.05, 0.1) is 16.6 Å². The van der Waals surface area contributed by atoms with Gasteiger partial charge >= 0.3 is 0 Å². The van der Waals surface area contributed by atoms with Gasteiger partial charge in [-0.15, -0.1) is 0 Å². The SMILES string of the molecule is N#CC(=Cc1cccn1-c1ccc(Cl)cc1)c1cccc([N+](=O)[O-])c1. The van der Waals surface area contributed by atoms with Crippen LogP contribution in [0.25, 0.3) is 17.3 Å². The number of hydrogen-bond acceptors (Lipinski definition) is 3. The van der Waals surface area contributed by atoms with Crippen LogP contribution >= 0.6 is 11.6 Å². The lowest BCUT2D eigenvalue weighted by atomic mass is 10.1. The van der Waals surface area contributed by atoms with E-state index >= 15 is 0 Å². The monoisotopic (exact) mass is 349 g/mol. The summed E-state index contributed by atoms with van der Waals surface area (Å²) in [6, 6.07) is 19.2. The number of nitrogens with zero attached hydrogens (tertiary/aromatic N) is 3. The molecule has 0 spiro atoms. The Morgan fingerprint density at radius 2 is 1.92 bits per heavy atom. The van der Waals surface area contributed by atoms with E-state index in [2.05, 4.69) is 6.07 Å². The van der Waals surface area contributed by atoms with Gasteiger partial charge in [-0.2, -0.15) is 5.26 Å². The van der Waals surface area contributed by atoms with Crippen molar-refractivity contribution < 1.29 is 4.92 Å². The van der Waals surface area contributed by atoms with E-state index in [1.807, 2.05) is 35.0 Å². The summed E-state index contributed by atoms with van der Waals surface area (Å²) in [5, 5.41) is 21.1. The molecule has 0 saturated heterocycles. The Morgan fingerprint density at radius 1 is 1.16 bits per heavy atom. The average molecular weight is 350 g/mol. The Bertz CT molecular complexity index is 998. The van der Waals surface area contributed by atoms with Crippen LogP contribution in [-0.4, -0.2) is 9.49 Å². The molecule has 1 aromatic heterocycles. The molecule has 6 heteroatoms. The van der Waals surface area contributed by atoms with E-state index in [0.717, 1.165) is 11.4 Å². The Labute approximate surface area is 149 Å². The van der Waals surface area contributed by atoms with Crippen LogP contribution in [0.1, 0.15) is 11.3 Å². The van der Waals surface area contributed by atoms with Gasteiger partial charge in [0.25, 0.3) is 5.69 Å². The molecule has 0 unspecified atom stereocenters. The van der Waals surface area contributed by atoms with E-state index in [4.69, 9.17) is 11.6 Å². The van der Waals surface area contributed by atoms with Gasteiger partial charge in [0.2, 0.25) is 0 Å². The van der Waals surface area contributed by atoms with Gasteiger partial charge in [0, 0.05) is 34.7 Å². The van der Waals surface area contributed by atoms with Crippen molar-refractivity contribution in [2.24, 2.45) is 0 Å². The third-order valence-corrected chi connectivity index (χ3v) is 3.92. The molecule has 0 fully saturated rings. The maximum Gasteiger partial charge on any atom is 0.270 e. The van der Waals surface area contributed by atoms with E-state index < -0.39 is 4.92 Å². The van der Waals surface area contributed by atoms with Crippen LogP contribution in [0.4, 0.5) is 5.69 Å². The Morgan fingerprint density at radius 3 is 2.60 bits per heavy atom. The van der Waals surface area contributed by atoms with Crippen LogP contribution in [0.15, 0.2) is 66.9 Å². The van der Waals surface area contributed by atoms with E-state index in [1.165, 1.54) is 12.1 Å². The highest BCUT2D eigenvalue weighted by Crippen LogP contribution is 2.24. The fourth-order valence-corrected chi connectivity index (χ4v) is 2.59. The first-order chi connectivity index (χ1) is 12.1. The number of halogens is 1. The summed E-state index contributed by atoms with van der Waals surface area (Å²) in [4.78, 5) is 10.5. The van der Waals surface area contributed by atoms with Gasteiger partial charge in [-0.1, -0.05) is 23.7 Å². The van der Waals surface area contributed by atoms with Crippen molar-refractivity contribution in [3.63, 3.8) is 0 Å². The van der Waals surface area contributed by atoms with Gasteiger partial charge in [-0.25, -0.2) is 0 Å². The molecule has 2 aromatic carbocycles. The van der Waals surface area contributed by atoms with Crippen molar-refractivity contribution in [3.8, 4) is 11.8 Å². The third-order valence-electron chi connectivity index (χ3n) is 3.67. The highest BCUT2D eigenvalue weighted by atomic mass is 35.5. The molecule has 0 N–H and O–H groups in total. The third kappa shape index (κ3) is 3.60. The van der Waals surface area contributed by atoms with E-state index in [-0.39, 0.29) is 5.69 Å². The molecule has 122 valence electrons. The molecule has 0 aliphatic rings. The molecule has 3 rings (SSSR count). The van der Waals surface area contributed by atoms with Crippen LogP contribution in [0, 0.1) is 21.4 Å². The second kappa shape index (κ2) is 7.04. The van der Waals surface area contributed by atoms with Crippen LogP contribution in [0.3, 0.4) is 0 Å². The van der Waals surface area contributed by atoms with Crippen LogP contribution in [0.5, 0.6) is 0 Å². The zero-order valence-corrected chi connectivity index (χ0v) is 13.7.